The van der Waals surface area contributed by atoms with E-state index >= 15 is 0 Å². The summed E-state index contributed by atoms with van der Waals surface area (Å²) in [4.78, 5) is 25.8. The average molecular weight is 421 g/mol. The topological polar surface area (TPSA) is 58.6 Å². The number of carbonyl (C=O) groups excluding carboxylic acids is 2. The van der Waals surface area contributed by atoms with Gasteiger partial charge in [0.15, 0.2) is 6.10 Å². The van der Waals surface area contributed by atoms with Gasteiger partial charge in [0.05, 0.1) is 4.47 Å². The molecule has 0 spiro atoms. The normalized spacial score (nSPS) is 15.0. The van der Waals surface area contributed by atoms with Crippen molar-refractivity contribution in [2.45, 2.75) is 25.9 Å². The van der Waals surface area contributed by atoms with E-state index in [1.807, 2.05) is 0 Å². The zero-order valence-corrected chi connectivity index (χ0v) is 15.8. The van der Waals surface area contributed by atoms with Gasteiger partial charge in [-0.2, -0.15) is 0 Å². The number of benzene rings is 2. The van der Waals surface area contributed by atoms with E-state index in [9.17, 15) is 14.0 Å². The smallest absolute Gasteiger partial charge is 0.265 e. The number of hydrogen-bond acceptors (Lipinski definition) is 3. The van der Waals surface area contributed by atoms with Crippen LogP contribution >= 0.6 is 15.9 Å². The molecule has 3 rings (SSSR count). The molecule has 1 heterocycles. The van der Waals surface area contributed by atoms with E-state index in [1.54, 1.807) is 36.1 Å². The van der Waals surface area contributed by atoms with Crippen molar-refractivity contribution in [3.05, 3.63) is 52.8 Å². The summed E-state index contributed by atoms with van der Waals surface area (Å²) in [5.74, 6) is -0.213. The summed E-state index contributed by atoms with van der Waals surface area (Å²) in [5, 5.41) is 2.77. The Morgan fingerprint density at radius 1 is 1.27 bits per heavy atom. The molecule has 1 unspecified atom stereocenters. The van der Waals surface area contributed by atoms with Crippen LogP contribution in [0.5, 0.6) is 5.75 Å². The van der Waals surface area contributed by atoms with Crippen LogP contribution in [0.1, 0.15) is 19.8 Å². The van der Waals surface area contributed by atoms with E-state index in [0.29, 0.717) is 22.3 Å². The Kier molecular flexibility index (Phi) is 5.56. The molecule has 5 nitrogen and oxygen atoms in total. The van der Waals surface area contributed by atoms with Crippen LogP contribution in [0.2, 0.25) is 0 Å². The lowest BCUT2D eigenvalue weighted by Crippen LogP contribution is -2.30. The van der Waals surface area contributed by atoms with Crippen molar-refractivity contribution < 1.29 is 18.7 Å². The van der Waals surface area contributed by atoms with Crippen molar-refractivity contribution in [2.24, 2.45) is 0 Å². The quantitative estimate of drug-likeness (QED) is 0.791. The summed E-state index contributed by atoms with van der Waals surface area (Å²) in [6.45, 7) is 2.34. The van der Waals surface area contributed by atoms with Crippen LogP contribution in [-0.2, 0) is 9.59 Å². The molecule has 0 radical (unpaired) electrons. The maximum Gasteiger partial charge on any atom is 0.265 e. The Hall–Kier alpha value is -2.41. The average Bonchev–Trinajstić information content (AvgIpc) is 3.04. The van der Waals surface area contributed by atoms with Gasteiger partial charge in [-0.25, -0.2) is 4.39 Å². The van der Waals surface area contributed by atoms with Crippen molar-refractivity contribution >= 4 is 39.1 Å². The summed E-state index contributed by atoms with van der Waals surface area (Å²) in [6.07, 6.45) is 0.675. The first-order chi connectivity index (χ1) is 12.4. The highest BCUT2D eigenvalue weighted by Gasteiger charge is 2.22. The van der Waals surface area contributed by atoms with Gasteiger partial charge in [-0.05, 0) is 71.7 Å². The van der Waals surface area contributed by atoms with Gasteiger partial charge in [0.1, 0.15) is 11.6 Å². The van der Waals surface area contributed by atoms with Crippen LogP contribution in [0.15, 0.2) is 46.9 Å². The lowest BCUT2D eigenvalue weighted by molar-refractivity contribution is -0.122. The maximum absolute atomic E-state index is 13.1. The molecule has 1 atom stereocenters. The number of nitrogens with zero attached hydrogens (tertiary/aromatic N) is 1. The Balaban J connectivity index is 1.61. The Morgan fingerprint density at radius 2 is 2.00 bits per heavy atom. The number of nitrogens with one attached hydrogen (secondary N) is 1. The molecular formula is C19H18BrFN2O3. The van der Waals surface area contributed by atoms with Crippen molar-refractivity contribution in [3.8, 4) is 5.75 Å². The van der Waals surface area contributed by atoms with Gasteiger partial charge in [-0.1, -0.05) is 0 Å². The number of hydrogen-bond donors (Lipinski definition) is 1. The maximum atomic E-state index is 13.1. The van der Waals surface area contributed by atoms with Crippen LogP contribution in [-0.4, -0.2) is 24.5 Å². The summed E-state index contributed by atoms with van der Waals surface area (Å²) in [5.41, 5.74) is 1.43. The Bertz CT molecular complexity index is 826. The molecule has 0 saturated carbocycles. The van der Waals surface area contributed by atoms with Crippen LogP contribution in [0.25, 0.3) is 0 Å². The van der Waals surface area contributed by atoms with Crippen molar-refractivity contribution in [1.82, 2.24) is 0 Å². The van der Waals surface area contributed by atoms with Crippen molar-refractivity contribution in [1.29, 1.82) is 0 Å². The highest BCUT2D eigenvalue weighted by molar-refractivity contribution is 9.10. The third-order valence-electron chi connectivity index (χ3n) is 4.09. The molecule has 0 aliphatic carbocycles. The molecule has 1 N–H and O–H groups in total. The van der Waals surface area contributed by atoms with Gasteiger partial charge >= 0.3 is 0 Å². The monoisotopic (exact) mass is 420 g/mol. The minimum Gasteiger partial charge on any atom is -0.480 e. The molecule has 1 saturated heterocycles. The minimum absolute atomic E-state index is 0.119. The third kappa shape index (κ3) is 4.22. The van der Waals surface area contributed by atoms with Crippen LogP contribution in [0.3, 0.4) is 0 Å². The largest absolute Gasteiger partial charge is 0.480 e. The first kappa shape index (κ1) is 18.4. The van der Waals surface area contributed by atoms with E-state index in [2.05, 4.69) is 21.2 Å². The second-order valence-corrected chi connectivity index (χ2v) is 6.87. The Labute approximate surface area is 159 Å². The zero-order chi connectivity index (χ0) is 18.7. The number of ether oxygens (including phenoxy) is 1. The molecule has 0 bridgehead atoms. The zero-order valence-electron chi connectivity index (χ0n) is 14.2. The second kappa shape index (κ2) is 7.86. The first-order valence-corrected chi connectivity index (χ1v) is 9.06. The lowest BCUT2D eigenvalue weighted by Gasteiger charge is -2.17. The molecule has 1 fully saturated rings. The number of halogens is 2. The van der Waals surface area contributed by atoms with Crippen molar-refractivity contribution in [2.75, 3.05) is 16.8 Å². The van der Waals surface area contributed by atoms with Crippen molar-refractivity contribution in [3.63, 3.8) is 0 Å². The molecule has 7 heteroatoms. The standard InChI is InChI=1S/C19H18BrFN2O3/c1-12(26-17-9-4-13(21)11-16(17)20)19(25)22-14-5-7-15(8-6-14)23-10-2-3-18(23)24/h4-9,11-12H,2-3,10H2,1H3,(H,22,25). The molecule has 1 aliphatic rings. The molecule has 0 aromatic heterocycles. The van der Waals surface area contributed by atoms with E-state index in [0.717, 1.165) is 18.7 Å². The second-order valence-electron chi connectivity index (χ2n) is 6.02. The fourth-order valence-corrected chi connectivity index (χ4v) is 3.15. The van der Waals surface area contributed by atoms with E-state index < -0.39 is 11.9 Å². The SMILES string of the molecule is CC(Oc1ccc(F)cc1Br)C(=O)Nc1ccc(N2CCCC2=O)cc1. The molecule has 1 aliphatic heterocycles. The number of carbonyl (C=O) groups is 2. The molecule has 2 amide bonds. The first-order valence-electron chi connectivity index (χ1n) is 8.27. The number of anilines is 2. The fourth-order valence-electron chi connectivity index (χ4n) is 2.70. The van der Waals surface area contributed by atoms with Crippen LogP contribution in [0, 0.1) is 5.82 Å². The van der Waals surface area contributed by atoms with Crippen LogP contribution < -0.4 is 15.0 Å². The predicted octanol–water partition coefficient (Wildman–Crippen LogP) is 4.12. The fraction of sp³-hybridized carbons (Fsp3) is 0.263. The van der Waals surface area contributed by atoms with E-state index in [4.69, 9.17) is 4.74 Å². The number of rotatable bonds is 5. The highest BCUT2D eigenvalue weighted by Crippen LogP contribution is 2.27. The molecule has 2 aromatic rings. The summed E-state index contributed by atoms with van der Waals surface area (Å²) in [6, 6.07) is 11.1. The van der Waals surface area contributed by atoms with Gasteiger partial charge in [-0.15, -0.1) is 0 Å². The van der Waals surface area contributed by atoms with Gasteiger partial charge < -0.3 is 15.0 Å². The van der Waals surface area contributed by atoms with Gasteiger partial charge in [0.25, 0.3) is 5.91 Å². The summed E-state index contributed by atoms with van der Waals surface area (Å²) >= 11 is 3.21. The summed E-state index contributed by atoms with van der Waals surface area (Å²) < 4.78 is 19.1. The highest BCUT2D eigenvalue weighted by atomic mass is 79.9. The minimum atomic E-state index is -0.767. The lowest BCUT2D eigenvalue weighted by atomic mass is 10.2. The van der Waals surface area contributed by atoms with Crippen LogP contribution in [0.4, 0.5) is 15.8 Å². The van der Waals surface area contributed by atoms with E-state index in [1.165, 1.54) is 18.2 Å². The van der Waals surface area contributed by atoms with Gasteiger partial charge in [0.2, 0.25) is 5.91 Å². The summed E-state index contributed by atoms with van der Waals surface area (Å²) in [7, 11) is 0. The number of amides is 2. The third-order valence-corrected chi connectivity index (χ3v) is 4.71. The Morgan fingerprint density at radius 3 is 2.62 bits per heavy atom. The molecule has 2 aromatic carbocycles. The predicted molar refractivity (Wildman–Crippen MR) is 101 cm³/mol. The van der Waals surface area contributed by atoms with E-state index in [-0.39, 0.29) is 11.8 Å². The molecule has 136 valence electrons. The molecular weight excluding hydrogens is 403 g/mol. The van der Waals surface area contributed by atoms with Gasteiger partial charge in [-0.3, -0.25) is 9.59 Å². The molecule has 26 heavy (non-hydrogen) atoms. The van der Waals surface area contributed by atoms with Gasteiger partial charge in [0, 0.05) is 24.3 Å².